The molecule has 0 saturated heterocycles. The molecule has 2 rings (SSSR count). The summed E-state index contributed by atoms with van der Waals surface area (Å²) >= 11 is 0. The number of nitrogens with zero attached hydrogens (tertiary/aromatic N) is 1. The summed E-state index contributed by atoms with van der Waals surface area (Å²) in [7, 11) is 3.23. The maximum atomic E-state index is 12.1. The molecule has 5 heteroatoms. The van der Waals surface area contributed by atoms with Crippen molar-refractivity contribution in [3.05, 3.63) is 0 Å². The van der Waals surface area contributed by atoms with Crippen LogP contribution in [0, 0.1) is 0 Å². The van der Waals surface area contributed by atoms with Gasteiger partial charge in [-0.1, -0.05) is 0 Å². The minimum absolute atomic E-state index is 0.135. The summed E-state index contributed by atoms with van der Waals surface area (Å²) < 4.78 is 10.2. The number of rotatable bonds is 11. The lowest BCUT2D eigenvalue weighted by molar-refractivity contribution is -0.148. The minimum Gasteiger partial charge on any atom is -0.468 e. The monoisotopic (exact) mass is 298 g/mol. The van der Waals surface area contributed by atoms with E-state index in [9.17, 15) is 4.79 Å². The molecule has 2 saturated carbocycles. The van der Waals surface area contributed by atoms with Gasteiger partial charge < -0.3 is 9.47 Å². The Morgan fingerprint density at radius 1 is 1.24 bits per heavy atom. The van der Waals surface area contributed by atoms with Crippen LogP contribution in [0.5, 0.6) is 0 Å². The minimum atomic E-state index is -0.535. The van der Waals surface area contributed by atoms with Gasteiger partial charge in [-0.25, -0.2) is 0 Å². The van der Waals surface area contributed by atoms with Crippen molar-refractivity contribution in [2.24, 2.45) is 0 Å². The van der Waals surface area contributed by atoms with E-state index in [1.54, 1.807) is 7.11 Å². The molecular weight excluding hydrogens is 268 g/mol. The summed E-state index contributed by atoms with van der Waals surface area (Å²) in [5, 5.41) is 3.46. The van der Waals surface area contributed by atoms with Crippen molar-refractivity contribution < 1.29 is 14.3 Å². The molecule has 1 N–H and O–H groups in total. The van der Waals surface area contributed by atoms with Crippen molar-refractivity contribution in [1.82, 2.24) is 10.2 Å². The highest BCUT2D eigenvalue weighted by Gasteiger charge is 2.39. The molecule has 21 heavy (non-hydrogen) atoms. The van der Waals surface area contributed by atoms with Crippen LogP contribution in [-0.2, 0) is 14.3 Å². The van der Waals surface area contributed by atoms with Crippen molar-refractivity contribution in [2.75, 3.05) is 33.9 Å². The van der Waals surface area contributed by atoms with Gasteiger partial charge in [-0.05, 0) is 52.0 Å². The molecule has 2 fully saturated rings. The van der Waals surface area contributed by atoms with Gasteiger partial charge in [0.2, 0.25) is 0 Å². The molecule has 0 spiro atoms. The second-order valence-electron chi connectivity index (χ2n) is 6.61. The first-order valence-electron chi connectivity index (χ1n) is 8.18. The predicted octanol–water partition coefficient (Wildman–Crippen LogP) is 1.56. The number of ether oxygens (including phenoxy) is 2. The summed E-state index contributed by atoms with van der Waals surface area (Å²) in [6.45, 7) is 4.79. The smallest absolute Gasteiger partial charge is 0.325 e. The first-order chi connectivity index (χ1) is 10.1. The van der Waals surface area contributed by atoms with Gasteiger partial charge in [-0.3, -0.25) is 15.0 Å². The number of carbonyl (C=O) groups excluding carboxylic acids is 1. The summed E-state index contributed by atoms with van der Waals surface area (Å²) in [5.74, 6) is -0.135. The van der Waals surface area contributed by atoms with Gasteiger partial charge in [-0.15, -0.1) is 0 Å². The van der Waals surface area contributed by atoms with Gasteiger partial charge in [-0.2, -0.15) is 0 Å². The van der Waals surface area contributed by atoms with Gasteiger partial charge in [0.05, 0.1) is 13.7 Å². The van der Waals surface area contributed by atoms with Crippen molar-refractivity contribution in [3.8, 4) is 0 Å². The third-order valence-corrected chi connectivity index (χ3v) is 4.50. The van der Waals surface area contributed by atoms with E-state index in [0.29, 0.717) is 6.04 Å². The Morgan fingerprint density at radius 3 is 2.48 bits per heavy atom. The average molecular weight is 298 g/mol. The molecule has 122 valence electrons. The average Bonchev–Trinajstić information content (AvgIpc) is 3.34. The Labute approximate surface area is 128 Å². The van der Waals surface area contributed by atoms with Gasteiger partial charge in [0.15, 0.2) is 0 Å². The molecule has 0 bridgehead atoms. The van der Waals surface area contributed by atoms with Crippen LogP contribution in [0.3, 0.4) is 0 Å². The van der Waals surface area contributed by atoms with Crippen molar-refractivity contribution >= 4 is 5.97 Å². The number of nitrogens with one attached hydrogen (secondary N) is 1. The fraction of sp³-hybridized carbons (Fsp3) is 0.938. The molecule has 0 aromatic heterocycles. The van der Waals surface area contributed by atoms with E-state index in [1.165, 1.54) is 32.8 Å². The first kappa shape index (κ1) is 16.7. The number of hydrogen-bond acceptors (Lipinski definition) is 5. The summed E-state index contributed by atoms with van der Waals surface area (Å²) in [5.41, 5.74) is -0.535. The van der Waals surface area contributed by atoms with Gasteiger partial charge in [0.25, 0.3) is 0 Å². The quantitative estimate of drug-likeness (QED) is 0.587. The largest absolute Gasteiger partial charge is 0.468 e. The zero-order chi connectivity index (χ0) is 15.3. The fourth-order valence-electron chi connectivity index (χ4n) is 2.90. The summed E-state index contributed by atoms with van der Waals surface area (Å²) in [4.78, 5) is 14.6. The highest BCUT2D eigenvalue weighted by atomic mass is 16.5. The van der Waals surface area contributed by atoms with Gasteiger partial charge >= 0.3 is 5.97 Å². The molecule has 2 aliphatic rings. The Hall–Kier alpha value is -0.650. The number of carbonyl (C=O) groups is 1. The Balaban J connectivity index is 1.78. The Kier molecular flexibility index (Phi) is 6.02. The van der Waals surface area contributed by atoms with E-state index in [1.807, 2.05) is 6.92 Å². The Morgan fingerprint density at radius 2 is 1.95 bits per heavy atom. The molecule has 0 aromatic rings. The SMILES string of the molecule is COCCN(CCCC(C)(NC1CC1)C(=O)OC)C1CC1. The number of esters is 1. The molecule has 1 unspecified atom stereocenters. The van der Waals surface area contributed by atoms with Gasteiger partial charge in [0, 0.05) is 25.7 Å². The van der Waals surface area contributed by atoms with Crippen LogP contribution >= 0.6 is 0 Å². The van der Waals surface area contributed by atoms with Crippen molar-refractivity contribution in [3.63, 3.8) is 0 Å². The van der Waals surface area contributed by atoms with Crippen LogP contribution in [-0.4, -0.2) is 62.4 Å². The van der Waals surface area contributed by atoms with Crippen LogP contribution < -0.4 is 5.32 Å². The van der Waals surface area contributed by atoms with E-state index >= 15 is 0 Å². The lowest BCUT2D eigenvalue weighted by atomic mass is 9.95. The molecule has 2 aliphatic carbocycles. The maximum Gasteiger partial charge on any atom is 0.325 e. The standard InChI is InChI=1S/C16H30N2O3/c1-16(15(19)21-3,17-13-5-6-13)9-4-10-18(11-12-20-2)14-7-8-14/h13-14,17H,4-12H2,1-3H3. The van der Waals surface area contributed by atoms with Crippen molar-refractivity contribution in [1.29, 1.82) is 0 Å². The highest BCUT2D eigenvalue weighted by Crippen LogP contribution is 2.28. The van der Waals surface area contributed by atoms with Gasteiger partial charge in [0.1, 0.15) is 5.54 Å². The second-order valence-corrected chi connectivity index (χ2v) is 6.61. The predicted molar refractivity (Wildman–Crippen MR) is 82.3 cm³/mol. The topological polar surface area (TPSA) is 50.8 Å². The summed E-state index contributed by atoms with van der Waals surface area (Å²) in [6, 6.07) is 1.24. The molecule has 1 atom stereocenters. The highest BCUT2D eigenvalue weighted by molar-refractivity contribution is 5.80. The second kappa shape index (κ2) is 7.56. The van der Waals surface area contributed by atoms with Crippen LogP contribution in [0.2, 0.25) is 0 Å². The van der Waals surface area contributed by atoms with E-state index in [0.717, 1.165) is 38.6 Å². The zero-order valence-corrected chi connectivity index (χ0v) is 13.7. The van der Waals surface area contributed by atoms with Crippen LogP contribution in [0.1, 0.15) is 45.4 Å². The zero-order valence-electron chi connectivity index (χ0n) is 13.7. The number of methoxy groups -OCH3 is 2. The number of hydrogen-bond donors (Lipinski definition) is 1. The van der Waals surface area contributed by atoms with Crippen molar-refractivity contribution in [2.45, 2.75) is 63.1 Å². The first-order valence-corrected chi connectivity index (χ1v) is 8.18. The lowest BCUT2D eigenvalue weighted by Crippen LogP contribution is -2.51. The van der Waals surface area contributed by atoms with Crippen LogP contribution in [0.25, 0.3) is 0 Å². The lowest BCUT2D eigenvalue weighted by Gasteiger charge is -2.29. The normalized spacial score (nSPS) is 21.3. The molecule has 0 amide bonds. The van der Waals surface area contributed by atoms with E-state index in [-0.39, 0.29) is 5.97 Å². The Bertz CT molecular complexity index is 342. The third kappa shape index (κ3) is 5.24. The molecule has 0 aromatic carbocycles. The fourth-order valence-corrected chi connectivity index (χ4v) is 2.90. The van der Waals surface area contributed by atoms with Crippen LogP contribution in [0.4, 0.5) is 0 Å². The third-order valence-electron chi connectivity index (χ3n) is 4.50. The maximum absolute atomic E-state index is 12.1. The molecule has 5 nitrogen and oxygen atoms in total. The summed E-state index contributed by atoms with van der Waals surface area (Å²) in [6.07, 6.45) is 6.79. The van der Waals surface area contributed by atoms with E-state index in [4.69, 9.17) is 9.47 Å². The molecule has 0 radical (unpaired) electrons. The van der Waals surface area contributed by atoms with Crippen LogP contribution in [0.15, 0.2) is 0 Å². The molecule has 0 aliphatic heterocycles. The van der Waals surface area contributed by atoms with E-state index in [2.05, 4.69) is 10.2 Å². The molecular formula is C16H30N2O3. The van der Waals surface area contributed by atoms with E-state index < -0.39 is 5.54 Å². The molecule has 0 heterocycles.